The Bertz CT molecular complexity index is 771. The van der Waals surface area contributed by atoms with Gasteiger partial charge < -0.3 is 5.32 Å². The van der Waals surface area contributed by atoms with E-state index < -0.39 is 5.91 Å². The van der Waals surface area contributed by atoms with Crippen molar-refractivity contribution in [1.29, 1.82) is 5.26 Å². The standard InChI is InChI=1S/C18H15BrN2O/c1-12-3-4-13(2)17(9-12)21-18(22)15(11-20)10-14-5-7-16(19)8-6-14/h3-10H,1-2H3,(H,21,22)/b15-10-. The van der Waals surface area contributed by atoms with Gasteiger partial charge in [0.1, 0.15) is 11.6 Å². The first-order valence-corrected chi connectivity index (χ1v) is 7.55. The third kappa shape index (κ3) is 4.06. The summed E-state index contributed by atoms with van der Waals surface area (Å²) in [5, 5.41) is 12.0. The molecule has 0 saturated carbocycles. The second-order valence-corrected chi connectivity index (χ2v) is 5.91. The van der Waals surface area contributed by atoms with E-state index in [0.717, 1.165) is 26.9 Å². The Morgan fingerprint density at radius 1 is 1.18 bits per heavy atom. The van der Waals surface area contributed by atoms with Crippen molar-refractivity contribution in [2.45, 2.75) is 13.8 Å². The Labute approximate surface area is 138 Å². The number of hydrogen-bond acceptors (Lipinski definition) is 2. The third-order valence-corrected chi connectivity index (χ3v) is 3.72. The van der Waals surface area contributed by atoms with Crippen LogP contribution in [-0.2, 0) is 4.79 Å². The van der Waals surface area contributed by atoms with Gasteiger partial charge in [-0.25, -0.2) is 0 Å². The van der Waals surface area contributed by atoms with Crippen LogP contribution < -0.4 is 5.32 Å². The number of nitrogens with one attached hydrogen (secondary N) is 1. The molecule has 1 N–H and O–H groups in total. The van der Waals surface area contributed by atoms with E-state index in [9.17, 15) is 10.1 Å². The van der Waals surface area contributed by atoms with E-state index in [1.165, 1.54) is 0 Å². The summed E-state index contributed by atoms with van der Waals surface area (Å²) in [6, 6.07) is 15.2. The van der Waals surface area contributed by atoms with Gasteiger partial charge in [-0.15, -0.1) is 0 Å². The number of carbonyl (C=O) groups excluding carboxylic acids is 1. The zero-order chi connectivity index (χ0) is 16.1. The number of aryl methyl sites for hydroxylation is 2. The number of nitriles is 1. The van der Waals surface area contributed by atoms with Crippen LogP contribution in [0.25, 0.3) is 6.08 Å². The summed E-state index contributed by atoms with van der Waals surface area (Å²) >= 11 is 3.35. The van der Waals surface area contributed by atoms with Gasteiger partial charge in [0.25, 0.3) is 5.91 Å². The number of carbonyl (C=O) groups is 1. The predicted molar refractivity (Wildman–Crippen MR) is 92.3 cm³/mol. The molecule has 22 heavy (non-hydrogen) atoms. The number of rotatable bonds is 3. The van der Waals surface area contributed by atoms with Gasteiger partial charge in [-0.05, 0) is 54.8 Å². The molecule has 0 radical (unpaired) electrons. The first kappa shape index (κ1) is 16.0. The Kier molecular flexibility index (Phi) is 5.13. The van der Waals surface area contributed by atoms with Crippen molar-refractivity contribution in [3.63, 3.8) is 0 Å². The summed E-state index contributed by atoms with van der Waals surface area (Å²) in [7, 11) is 0. The molecule has 110 valence electrons. The fourth-order valence-electron chi connectivity index (χ4n) is 1.93. The molecule has 2 rings (SSSR count). The summed E-state index contributed by atoms with van der Waals surface area (Å²) in [5.74, 6) is -0.404. The average molecular weight is 355 g/mol. The van der Waals surface area contributed by atoms with Crippen molar-refractivity contribution in [3.8, 4) is 6.07 Å². The molecule has 0 aliphatic carbocycles. The fourth-order valence-corrected chi connectivity index (χ4v) is 2.20. The van der Waals surface area contributed by atoms with Gasteiger partial charge in [0.05, 0.1) is 0 Å². The lowest BCUT2D eigenvalue weighted by molar-refractivity contribution is -0.112. The van der Waals surface area contributed by atoms with Gasteiger partial charge in [0.15, 0.2) is 0 Å². The minimum atomic E-state index is -0.404. The fraction of sp³-hybridized carbons (Fsp3) is 0.111. The molecule has 0 aliphatic heterocycles. The highest BCUT2D eigenvalue weighted by molar-refractivity contribution is 9.10. The molecule has 0 bridgehead atoms. The van der Waals surface area contributed by atoms with Crippen LogP contribution in [0.3, 0.4) is 0 Å². The van der Waals surface area contributed by atoms with E-state index in [2.05, 4.69) is 21.2 Å². The lowest BCUT2D eigenvalue weighted by atomic mass is 10.1. The van der Waals surface area contributed by atoms with Crippen LogP contribution in [0.1, 0.15) is 16.7 Å². The lowest BCUT2D eigenvalue weighted by Crippen LogP contribution is -2.14. The van der Waals surface area contributed by atoms with Crippen LogP contribution in [-0.4, -0.2) is 5.91 Å². The quantitative estimate of drug-likeness (QED) is 0.646. The van der Waals surface area contributed by atoms with E-state index in [4.69, 9.17) is 0 Å². The molecule has 0 aliphatic rings. The number of nitrogens with zero attached hydrogens (tertiary/aromatic N) is 1. The molecule has 0 atom stereocenters. The molecular weight excluding hydrogens is 340 g/mol. The third-order valence-electron chi connectivity index (χ3n) is 3.19. The van der Waals surface area contributed by atoms with Crippen LogP contribution in [0.5, 0.6) is 0 Å². The highest BCUT2D eigenvalue weighted by atomic mass is 79.9. The first-order valence-electron chi connectivity index (χ1n) is 6.75. The molecule has 2 aromatic rings. The van der Waals surface area contributed by atoms with Crippen molar-refractivity contribution >= 4 is 33.6 Å². The second kappa shape index (κ2) is 7.06. The molecule has 0 fully saturated rings. The molecule has 3 nitrogen and oxygen atoms in total. The van der Waals surface area contributed by atoms with Gasteiger partial charge in [-0.3, -0.25) is 4.79 Å². The monoisotopic (exact) mass is 354 g/mol. The summed E-state index contributed by atoms with van der Waals surface area (Å²) in [6.07, 6.45) is 1.58. The zero-order valence-corrected chi connectivity index (χ0v) is 13.9. The summed E-state index contributed by atoms with van der Waals surface area (Å²) in [4.78, 5) is 12.3. The molecule has 4 heteroatoms. The molecule has 0 spiro atoms. The van der Waals surface area contributed by atoms with E-state index >= 15 is 0 Å². The summed E-state index contributed by atoms with van der Waals surface area (Å²) < 4.78 is 0.947. The minimum absolute atomic E-state index is 0.0724. The van der Waals surface area contributed by atoms with Crippen molar-refractivity contribution in [2.24, 2.45) is 0 Å². The minimum Gasteiger partial charge on any atom is -0.321 e. The molecule has 0 heterocycles. The summed E-state index contributed by atoms with van der Waals surface area (Å²) in [6.45, 7) is 3.87. The summed E-state index contributed by atoms with van der Waals surface area (Å²) in [5.41, 5.74) is 3.61. The maximum atomic E-state index is 12.3. The zero-order valence-electron chi connectivity index (χ0n) is 12.4. The van der Waals surface area contributed by atoms with Gasteiger partial charge >= 0.3 is 0 Å². The average Bonchev–Trinajstić information content (AvgIpc) is 2.50. The van der Waals surface area contributed by atoms with Crippen molar-refractivity contribution < 1.29 is 4.79 Å². The van der Waals surface area contributed by atoms with Gasteiger partial charge in [0.2, 0.25) is 0 Å². The highest BCUT2D eigenvalue weighted by Crippen LogP contribution is 2.18. The van der Waals surface area contributed by atoms with Crippen LogP contribution in [0.15, 0.2) is 52.5 Å². The number of anilines is 1. The second-order valence-electron chi connectivity index (χ2n) is 4.99. The molecule has 0 saturated heterocycles. The van der Waals surface area contributed by atoms with Crippen LogP contribution in [0, 0.1) is 25.2 Å². The predicted octanol–water partition coefficient (Wildman–Crippen LogP) is 4.61. The number of halogens is 1. The van der Waals surface area contributed by atoms with Crippen LogP contribution >= 0.6 is 15.9 Å². The number of benzene rings is 2. The highest BCUT2D eigenvalue weighted by Gasteiger charge is 2.11. The first-order chi connectivity index (χ1) is 10.5. The van der Waals surface area contributed by atoms with Crippen molar-refractivity contribution in [1.82, 2.24) is 0 Å². The van der Waals surface area contributed by atoms with Gasteiger partial charge in [0, 0.05) is 10.2 Å². The Morgan fingerprint density at radius 2 is 1.86 bits per heavy atom. The maximum absolute atomic E-state index is 12.3. The topological polar surface area (TPSA) is 52.9 Å². The smallest absolute Gasteiger partial charge is 0.266 e. The van der Waals surface area contributed by atoms with Crippen molar-refractivity contribution in [2.75, 3.05) is 5.32 Å². The van der Waals surface area contributed by atoms with Crippen molar-refractivity contribution in [3.05, 3.63) is 69.2 Å². The van der Waals surface area contributed by atoms with E-state index in [1.54, 1.807) is 6.08 Å². The molecular formula is C18H15BrN2O. The van der Waals surface area contributed by atoms with E-state index in [-0.39, 0.29) is 5.57 Å². The SMILES string of the molecule is Cc1ccc(C)c(NC(=O)/C(C#N)=C\c2ccc(Br)cc2)c1. The molecule has 0 aromatic heterocycles. The molecule has 2 aromatic carbocycles. The Morgan fingerprint density at radius 3 is 2.50 bits per heavy atom. The van der Waals surface area contributed by atoms with Crippen LogP contribution in [0.4, 0.5) is 5.69 Å². The largest absolute Gasteiger partial charge is 0.321 e. The number of hydrogen-bond donors (Lipinski definition) is 1. The molecule has 0 unspecified atom stereocenters. The van der Waals surface area contributed by atoms with E-state index in [0.29, 0.717) is 0 Å². The molecule has 1 amide bonds. The normalized spacial score (nSPS) is 10.9. The number of amides is 1. The van der Waals surface area contributed by atoms with Gasteiger partial charge in [-0.2, -0.15) is 5.26 Å². The van der Waals surface area contributed by atoms with E-state index in [1.807, 2.05) is 62.4 Å². The maximum Gasteiger partial charge on any atom is 0.266 e. The van der Waals surface area contributed by atoms with Gasteiger partial charge in [-0.1, -0.05) is 40.2 Å². The van der Waals surface area contributed by atoms with Crippen LogP contribution in [0.2, 0.25) is 0 Å². The Hall–Kier alpha value is -2.38. The lowest BCUT2D eigenvalue weighted by Gasteiger charge is -2.08. The Balaban J connectivity index is 2.24.